The summed E-state index contributed by atoms with van der Waals surface area (Å²) in [4.78, 5) is 0. The predicted molar refractivity (Wildman–Crippen MR) is 66.7 cm³/mol. The van der Waals surface area contributed by atoms with Crippen molar-refractivity contribution in [2.24, 2.45) is 0 Å². The molecule has 2 unspecified atom stereocenters. The van der Waals surface area contributed by atoms with Crippen molar-refractivity contribution in [1.29, 1.82) is 0 Å². The number of para-hydroxylation sites is 1. The van der Waals surface area contributed by atoms with Gasteiger partial charge in [-0.2, -0.15) is 0 Å². The molecule has 0 aromatic heterocycles. The van der Waals surface area contributed by atoms with Crippen LogP contribution in [-0.2, 0) is 0 Å². The average molecular weight is 237 g/mol. The van der Waals surface area contributed by atoms with Gasteiger partial charge in [-0.3, -0.25) is 0 Å². The summed E-state index contributed by atoms with van der Waals surface area (Å²) in [6.45, 7) is 3.15. The summed E-state index contributed by atoms with van der Waals surface area (Å²) in [7, 11) is 0. The quantitative estimate of drug-likeness (QED) is 0.849. The van der Waals surface area contributed by atoms with Gasteiger partial charge in [-0.15, -0.1) is 0 Å². The van der Waals surface area contributed by atoms with E-state index in [2.05, 4.69) is 12.2 Å². The molecule has 0 aliphatic heterocycles. The van der Waals surface area contributed by atoms with Crippen LogP contribution >= 0.6 is 0 Å². The van der Waals surface area contributed by atoms with Crippen molar-refractivity contribution in [2.45, 2.75) is 44.8 Å². The normalized spacial score (nSPS) is 23.9. The molecule has 2 atom stereocenters. The van der Waals surface area contributed by atoms with Crippen molar-refractivity contribution in [3.8, 4) is 5.75 Å². The molecule has 0 saturated heterocycles. The number of ether oxygens (including phenoxy) is 1. The zero-order valence-electron chi connectivity index (χ0n) is 10.3. The van der Waals surface area contributed by atoms with E-state index in [4.69, 9.17) is 4.74 Å². The Hall–Kier alpha value is -1.09. The maximum Gasteiger partial charge on any atom is 0.165 e. The van der Waals surface area contributed by atoms with Crippen molar-refractivity contribution in [3.63, 3.8) is 0 Å². The Labute approximate surface area is 102 Å². The van der Waals surface area contributed by atoms with Crippen LogP contribution in [0.25, 0.3) is 0 Å². The molecule has 1 aliphatic rings. The molecule has 0 heterocycles. The van der Waals surface area contributed by atoms with E-state index in [1.54, 1.807) is 12.1 Å². The number of nitrogens with one attached hydrogen (secondary N) is 1. The van der Waals surface area contributed by atoms with E-state index in [0.29, 0.717) is 11.8 Å². The van der Waals surface area contributed by atoms with E-state index in [-0.39, 0.29) is 11.9 Å². The first kappa shape index (κ1) is 12.4. The van der Waals surface area contributed by atoms with Gasteiger partial charge in [0, 0.05) is 6.04 Å². The van der Waals surface area contributed by atoms with Gasteiger partial charge in [0.15, 0.2) is 11.6 Å². The van der Waals surface area contributed by atoms with Gasteiger partial charge in [-0.1, -0.05) is 19.1 Å². The SMILES string of the molecule is CCCNC1CCCC1Oc1ccccc1F. The van der Waals surface area contributed by atoms with Crippen LogP contribution in [0, 0.1) is 5.82 Å². The molecular weight excluding hydrogens is 217 g/mol. The fraction of sp³-hybridized carbons (Fsp3) is 0.571. The standard InChI is InChI=1S/C14H20FNO/c1-2-10-16-12-7-5-9-14(12)17-13-8-4-3-6-11(13)15/h3-4,6,8,12,14,16H,2,5,7,9-10H2,1H3. The molecule has 2 nitrogen and oxygen atoms in total. The molecule has 1 aliphatic carbocycles. The van der Waals surface area contributed by atoms with E-state index in [1.165, 1.54) is 6.07 Å². The van der Waals surface area contributed by atoms with Crippen LogP contribution in [0.4, 0.5) is 4.39 Å². The summed E-state index contributed by atoms with van der Waals surface area (Å²) in [6, 6.07) is 7.00. The highest BCUT2D eigenvalue weighted by molar-refractivity contribution is 5.24. The molecule has 94 valence electrons. The molecule has 1 saturated carbocycles. The van der Waals surface area contributed by atoms with Crippen LogP contribution in [0.5, 0.6) is 5.75 Å². The summed E-state index contributed by atoms with van der Waals surface area (Å²) < 4.78 is 19.3. The molecular formula is C14H20FNO. The van der Waals surface area contributed by atoms with Crippen LogP contribution in [0.2, 0.25) is 0 Å². The Bertz CT molecular complexity index is 356. The Morgan fingerprint density at radius 2 is 2.18 bits per heavy atom. The topological polar surface area (TPSA) is 21.3 Å². The van der Waals surface area contributed by atoms with Crippen molar-refractivity contribution in [1.82, 2.24) is 5.32 Å². The highest BCUT2D eigenvalue weighted by Crippen LogP contribution is 2.26. The van der Waals surface area contributed by atoms with Gasteiger partial charge in [0.25, 0.3) is 0 Å². The van der Waals surface area contributed by atoms with E-state index in [0.717, 1.165) is 32.2 Å². The molecule has 1 aromatic carbocycles. The number of halogens is 1. The maximum atomic E-state index is 13.5. The van der Waals surface area contributed by atoms with Gasteiger partial charge in [0.1, 0.15) is 6.10 Å². The highest BCUT2D eigenvalue weighted by Gasteiger charge is 2.28. The predicted octanol–water partition coefficient (Wildman–Crippen LogP) is 3.13. The number of hydrogen-bond donors (Lipinski definition) is 1. The number of benzene rings is 1. The molecule has 1 fully saturated rings. The molecule has 0 amide bonds. The van der Waals surface area contributed by atoms with Gasteiger partial charge in [0.2, 0.25) is 0 Å². The monoisotopic (exact) mass is 237 g/mol. The molecule has 1 aromatic rings. The fourth-order valence-corrected chi connectivity index (χ4v) is 2.33. The first-order valence-electron chi connectivity index (χ1n) is 6.46. The van der Waals surface area contributed by atoms with Crippen LogP contribution in [-0.4, -0.2) is 18.7 Å². The number of rotatable bonds is 5. The summed E-state index contributed by atoms with van der Waals surface area (Å²) in [5, 5.41) is 3.47. The lowest BCUT2D eigenvalue weighted by Crippen LogP contribution is -2.39. The first-order chi connectivity index (χ1) is 8.31. The lowest BCUT2D eigenvalue weighted by Gasteiger charge is -2.22. The third-order valence-electron chi connectivity index (χ3n) is 3.22. The maximum absolute atomic E-state index is 13.5. The Kier molecular flexibility index (Phi) is 4.37. The van der Waals surface area contributed by atoms with E-state index in [9.17, 15) is 4.39 Å². The molecule has 0 radical (unpaired) electrons. The van der Waals surface area contributed by atoms with Crippen LogP contribution in [0.15, 0.2) is 24.3 Å². The fourth-order valence-electron chi connectivity index (χ4n) is 2.33. The smallest absolute Gasteiger partial charge is 0.165 e. The highest BCUT2D eigenvalue weighted by atomic mass is 19.1. The molecule has 0 bridgehead atoms. The van der Waals surface area contributed by atoms with Gasteiger partial charge >= 0.3 is 0 Å². The molecule has 3 heteroatoms. The minimum atomic E-state index is -0.270. The Morgan fingerprint density at radius 3 is 2.94 bits per heavy atom. The second-order valence-corrected chi connectivity index (χ2v) is 4.58. The zero-order valence-corrected chi connectivity index (χ0v) is 10.3. The molecule has 2 rings (SSSR count). The lowest BCUT2D eigenvalue weighted by atomic mass is 10.2. The number of hydrogen-bond acceptors (Lipinski definition) is 2. The van der Waals surface area contributed by atoms with Crippen LogP contribution in [0.1, 0.15) is 32.6 Å². The second kappa shape index (κ2) is 6.01. The van der Waals surface area contributed by atoms with Crippen LogP contribution < -0.4 is 10.1 Å². The van der Waals surface area contributed by atoms with Gasteiger partial charge in [-0.25, -0.2) is 4.39 Å². The minimum Gasteiger partial charge on any atom is -0.486 e. The van der Waals surface area contributed by atoms with Crippen LogP contribution in [0.3, 0.4) is 0 Å². The Balaban J connectivity index is 1.95. The van der Waals surface area contributed by atoms with Crippen molar-refractivity contribution in [3.05, 3.63) is 30.1 Å². The first-order valence-corrected chi connectivity index (χ1v) is 6.46. The van der Waals surface area contributed by atoms with Gasteiger partial charge < -0.3 is 10.1 Å². The summed E-state index contributed by atoms with van der Waals surface area (Å²) in [6.07, 6.45) is 4.51. The largest absolute Gasteiger partial charge is 0.486 e. The lowest BCUT2D eigenvalue weighted by molar-refractivity contribution is 0.168. The summed E-state index contributed by atoms with van der Waals surface area (Å²) in [5.74, 6) is 0.108. The molecule has 1 N–H and O–H groups in total. The summed E-state index contributed by atoms with van der Waals surface area (Å²) >= 11 is 0. The van der Waals surface area contributed by atoms with E-state index < -0.39 is 0 Å². The van der Waals surface area contributed by atoms with E-state index in [1.807, 2.05) is 6.07 Å². The van der Waals surface area contributed by atoms with Crippen molar-refractivity contribution < 1.29 is 9.13 Å². The van der Waals surface area contributed by atoms with Gasteiger partial charge in [0.05, 0.1) is 0 Å². The van der Waals surface area contributed by atoms with Crippen molar-refractivity contribution >= 4 is 0 Å². The van der Waals surface area contributed by atoms with Gasteiger partial charge in [-0.05, 0) is 44.4 Å². The van der Waals surface area contributed by atoms with E-state index >= 15 is 0 Å². The second-order valence-electron chi connectivity index (χ2n) is 4.58. The Morgan fingerprint density at radius 1 is 1.35 bits per heavy atom. The average Bonchev–Trinajstić information content (AvgIpc) is 2.77. The van der Waals surface area contributed by atoms with Crippen molar-refractivity contribution in [2.75, 3.05) is 6.54 Å². The molecule has 0 spiro atoms. The third-order valence-corrected chi connectivity index (χ3v) is 3.22. The third kappa shape index (κ3) is 3.19. The minimum absolute atomic E-state index is 0.110. The molecule has 17 heavy (non-hydrogen) atoms. The zero-order chi connectivity index (χ0) is 12.1. The summed E-state index contributed by atoms with van der Waals surface area (Å²) in [5.41, 5.74) is 0.